The van der Waals surface area contributed by atoms with E-state index >= 15 is 0 Å². The van der Waals surface area contributed by atoms with Gasteiger partial charge >= 0.3 is 0 Å². The lowest BCUT2D eigenvalue weighted by Gasteiger charge is -2.26. The molecular weight excluding hydrogens is 542 g/mol. The van der Waals surface area contributed by atoms with Crippen molar-refractivity contribution in [3.05, 3.63) is 17.8 Å². The molecular formula is C24H32ClN11O4. The molecule has 15 nitrogen and oxygen atoms in total. The maximum atomic E-state index is 5.96. The maximum Gasteiger partial charge on any atom is 0.224 e. The summed E-state index contributed by atoms with van der Waals surface area (Å²) in [5.41, 5.74) is 13.9. The molecule has 3 aliphatic rings. The lowest BCUT2D eigenvalue weighted by atomic mass is 9.93. The summed E-state index contributed by atoms with van der Waals surface area (Å²) < 4.78 is 26.2. The van der Waals surface area contributed by atoms with Crippen LogP contribution in [0.15, 0.2) is 12.7 Å². The number of hydrogen-bond acceptors (Lipinski definition) is 13. The van der Waals surface area contributed by atoms with Crippen molar-refractivity contribution in [3.63, 3.8) is 0 Å². The Kier molecular flexibility index (Phi) is 7.55. The highest BCUT2D eigenvalue weighted by molar-refractivity contribution is 6.33. The molecule has 0 bridgehead atoms. The molecule has 4 aromatic heterocycles. The topological polar surface area (TPSA) is 188 Å². The van der Waals surface area contributed by atoms with Crippen LogP contribution in [0, 0.1) is 0 Å². The Balaban J connectivity index is 0.000000148. The number of nitrogens with one attached hydrogen (secondary N) is 1. The van der Waals surface area contributed by atoms with E-state index in [2.05, 4.69) is 35.2 Å². The summed E-state index contributed by atoms with van der Waals surface area (Å²) in [7, 11) is 0. The fourth-order valence-electron chi connectivity index (χ4n) is 4.71. The summed E-state index contributed by atoms with van der Waals surface area (Å²) in [6, 6.07) is 0.457. The van der Waals surface area contributed by atoms with Crippen LogP contribution in [0.2, 0.25) is 5.15 Å². The van der Waals surface area contributed by atoms with Gasteiger partial charge in [-0.1, -0.05) is 25.4 Å². The Morgan fingerprint density at radius 2 is 1.40 bits per heavy atom. The van der Waals surface area contributed by atoms with Crippen LogP contribution in [0.3, 0.4) is 0 Å². The monoisotopic (exact) mass is 573 g/mol. The van der Waals surface area contributed by atoms with Gasteiger partial charge in [-0.05, 0) is 32.1 Å². The Morgan fingerprint density at radius 3 is 1.93 bits per heavy atom. The fourth-order valence-corrected chi connectivity index (χ4v) is 4.93. The molecule has 40 heavy (non-hydrogen) atoms. The van der Waals surface area contributed by atoms with Gasteiger partial charge in [0.05, 0.1) is 25.9 Å². The van der Waals surface area contributed by atoms with Gasteiger partial charge in [0.2, 0.25) is 11.9 Å². The molecule has 16 heteroatoms. The van der Waals surface area contributed by atoms with Crippen LogP contribution >= 0.6 is 11.6 Å². The zero-order chi connectivity index (χ0) is 27.8. The third-order valence-corrected chi connectivity index (χ3v) is 7.30. The number of fused-ring (bicyclic) bond motifs is 2. The predicted octanol–water partition coefficient (Wildman–Crippen LogP) is 3.00. The van der Waals surface area contributed by atoms with E-state index in [0.29, 0.717) is 41.9 Å². The largest absolute Gasteiger partial charge is 0.368 e. The Morgan fingerprint density at radius 1 is 0.850 bits per heavy atom. The Bertz CT molecular complexity index is 1490. The average Bonchev–Trinajstić information content (AvgIpc) is 3.71. The minimum Gasteiger partial charge on any atom is -0.368 e. The fraction of sp³-hybridized carbons (Fsp3) is 0.583. The third-order valence-electron chi connectivity index (χ3n) is 7.04. The Hall–Kier alpha value is -3.37. The van der Waals surface area contributed by atoms with Crippen molar-refractivity contribution in [3.8, 4) is 0 Å². The van der Waals surface area contributed by atoms with Crippen LogP contribution < -0.4 is 16.8 Å². The molecule has 1 aliphatic carbocycles. The molecule has 4 atom stereocenters. The molecule has 1 saturated carbocycles. The first-order chi connectivity index (χ1) is 19.4. The van der Waals surface area contributed by atoms with Crippen molar-refractivity contribution in [2.24, 2.45) is 0 Å². The van der Waals surface area contributed by atoms with Crippen molar-refractivity contribution in [2.75, 3.05) is 30.0 Å². The predicted molar refractivity (Wildman–Crippen MR) is 146 cm³/mol. The van der Waals surface area contributed by atoms with Crippen molar-refractivity contribution in [2.45, 2.75) is 77.0 Å². The van der Waals surface area contributed by atoms with E-state index in [1.807, 2.05) is 18.4 Å². The van der Waals surface area contributed by atoms with E-state index in [-0.39, 0.29) is 42.1 Å². The molecule has 2 aliphatic heterocycles. The van der Waals surface area contributed by atoms with Crippen LogP contribution in [0.25, 0.3) is 22.3 Å². The number of anilines is 3. The number of nitrogens with two attached hydrogens (primary N) is 2. The van der Waals surface area contributed by atoms with Gasteiger partial charge in [-0.15, -0.1) is 0 Å². The zero-order valence-electron chi connectivity index (χ0n) is 22.2. The van der Waals surface area contributed by atoms with Crippen LogP contribution in [0.4, 0.5) is 17.7 Å². The van der Waals surface area contributed by atoms with E-state index in [1.54, 1.807) is 17.2 Å². The number of imidazole rings is 2. The SMILES string of the molecule is CC[C@@H]1OC[C@H](n2cnc3c(Cl)nc(N)nc32)O1.CC[C@@H]1OC[C@H](n2cnc3c(NC4CCC4)nc(N)nc32)O1. The second-order valence-corrected chi connectivity index (χ2v) is 10.1. The first-order valence-electron chi connectivity index (χ1n) is 13.4. The van der Waals surface area contributed by atoms with Gasteiger partial charge in [-0.2, -0.15) is 19.9 Å². The van der Waals surface area contributed by atoms with Gasteiger partial charge in [-0.25, -0.2) is 9.97 Å². The molecule has 2 saturated heterocycles. The first kappa shape index (κ1) is 26.8. The summed E-state index contributed by atoms with van der Waals surface area (Å²) in [6.07, 6.45) is 7.65. The number of nitrogens with zero attached hydrogens (tertiary/aromatic N) is 8. The average molecular weight is 574 g/mol. The van der Waals surface area contributed by atoms with Crippen LogP contribution in [0.5, 0.6) is 0 Å². The van der Waals surface area contributed by atoms with E-state index in [4.69, 9.17) is 42.0 Å². The summed E-state index contributed by atoms with van der Waals surface area (Å²) in [5, 5.41) is 3.65. The molecule has 0 unspecified atom stereocenters. The maximum absolute atomic E-state index is 5.96. The van der Waals surface area contributed by atoms with E-state index in [1.165, 1.54) is 6.42 Å². The van der Waals surface area contributed by atoms with Crippen LogP contribution in [-0.4, -0.2) is 70.9 Å². The molecule has 6 heterocycles. The van der Waals surface area contributed by atoms with Crippen LogP contribution in [0.1, 0.15) is 58.4 Å². The molecule has 214 valence electrons. The lowest BCUT2D eigenvalue weighted by molar-refractivity contribution is -0.0718. The normalized spacial score (nSPS) is 24.8. The van der Waals surface area contributed by atoms with E-state index in [9.17, 15) is 0 Å². The standard InChI is InChI=1S/C14H20N6O2.C10H12ClN5O2/c1-2-10-21-6-9(22-10)20-7-16-11-12(17-8-4-3-5-8)18-14(15)19-13(11)20;1-2-6-17-3-5(18-6)16-4-13-7-8(11)14-10(12)15-9(7)16/h7-10H,2-6H2,1H3,(H3,15,17,18,19);4-6H,2-3H2,1H3,(H2,12,14,15)/t9-,10-;5-,6-/m11/s1. The molecule has 5 N–H and O–H groups in total. The minimum absolute atomic E-state index is 0.111. The van der Waals surface area contributed by atoms with Gasteiger partial charge in [-0.3, -0.25) is 9.13 Å². The smallest absolute Gasteiger partial charge is 0.224 e. The molecule has 0 aromatic carbocycles. The minimum atomic E-state index is -0.259. The van der Waals surface area contributed by atoms with Gasteiger partial charge in [0.1, 0.15) is 5.52 Å². The molecule has 3 fully saturated rings. The molecule has 0 amide bonds. The highest BCUT2D eigenvalue weighted by Crippen LogP contribution is 2.31. The zero-order valence-corrected chi connectivity index (χ0v) is 23.0. The van der Waals surface area contributed by atoms with Crippen molar-refractivity contribution in [1.82, 2.24) is 39.0 Å². The summed E-state index contributed by atoms with van der Waals surface area (Å²) in [6.45, 7) is 4.96. The number of halogens is 1. The summed E-state index contributed by atoms with van der Waals surface area (Å²) in [4.78, 5) is 25.3. The Labute approximate surface area is 234 Å². The molecule has 0 spiro atoms. The van der Waals surface area contributed by atoms with E-state index < -0.39 is 0 Å². The second kappa shape index (κ2) is 11.2. The van der Waals surface area contributed by atoms with Crippen molar-refractivity contribution in [1.29, 1.82) is 0 Å². The highest BCUT2D eigenvalue weighted by atomic mass is 35.5. The first-order valence-corrected chi connectivity index (χ1v) is 13.8. The van der Waals surface area contributed by atoms with Gasteiger partial charge in [0, 0.05) is 6.04 Å². The molecule has 0 radical (unpaired) electrons. The molecule has 4 aromatic rings. The number of ether oxygens (including phenoxy) is 4. The van der Waals surface area contributed by atoms with Crippen molar-refractivity contribution >= 4 is 51.6 Å². The van der Waals surface area contributed by atoms with Gasteiger partial charge in [0.25, 0.3) is 0 Å². The summed E-state index contributed by atoms with van der Waals surface area (Å²) >= 11 is 5.96. The number of nitrogen functional groups attached to an aromatic ring is 2. The van der Waals surface area contributed by atoms with Gasteiger partial charge in [0.15, 0.2) is 52.8 Å². The quantitative estimate of drug-likeness (QED) is 0.286. The number of rotatable bonds is 6. The number of hydrogen-bond donors (Lipinski definition) is 3. The van der Waals surface area contributed by atoms with E-state index in [0.717, 1.165) is 31.2 Å². The summed E-state index contributed by atoms with van der Waals surface area (Å²) in [5.74, 6) is 1.05. The third kappa shape index (κ3) is 5.22. The lowest BCUT2D eigenvalue weighted by Crippen LogP contribution is -2.27. The van der Waals surface area contributed by atoms with Gasteiger partial charge < -0.3 is 35.7 Å². The van der Waals surface area contributed by atoms with Crippen LogP contribution in [-0.2, 0) is 18.9 Å². The number of aromatic nitrogens is 8. The second-order valence-electron chi connectivity index (χ2n) is 9.75. The highest BCUT2D eigenvalue weighted by Gasteiger charge is 2.30. The molecule has 7 rings (SSSR count). The van der Waals surface area contributed by atoms with Crippen molar-refractivity contribution < 1.29 is 18.9 Å².